The van der Waals surface area contributed by atoms with Gasteiger partial charge in [-0.2, -0.15) is 0 Å². The van der Waals surface area contributed by atoms with Crippen LogP contribution in [-0.4, -0.2) is 86.3 Å². The molecule has 8 heteroatoms. The van der Waals surface area contributed by atoms with Gasteiger partial charge in [-0.15, -0.1) is 12.4 Å². The van der Waals surface area contributed by atoms with E-state index in [1.54, 1.807) is 4.90 Å². The van der Waals surface area contributed by atoms with Crippen LogP contribution in [0.15, 0.2) is 0 Å². The maximum absolute atomic E-state index is 12.8. The zero-order chi connectivity index (χ0) is 16.1. The summed E-state index contributed by atoms with van der Waals surface area (Å²) in [6.45, 7) is 5.20. The lowest BCUT2D eigenvalue weighted by Gasteiger charge is -2.39. The lowest BCUT2D eigenvalue weighted by atomic mass is 9.99. The van der Waals surface area contributed by atoms with Gasteiger partial charge in [0.25, 0.3) is 0 Å². The number of morpholine rings is 2. The monoisotopic (exact) mass is 361 g/mol. The zero-order valence-corrected chi connectivity index (χ0v) is 14.9. The Kier molecular flexibility index (Phi) is 7.74. The van der Waals surface area contributed by atoms with Crippen LogP contribution in [0.2, 0.25) is 0 Å². The van der Waals surface area contributed by atoms with Crippen molar-refractivity contribution in [2.75, 3.05) is 52.6 Å². The molecule has 3 rings (SSSR count). The fraction of sp³-hybridized carbons (Fsp3) is 0.875. The van der Waals surface area contributed by atoms with Gasteiger partial charge >= 0.3 is 0 Å². The lowest BCUT2D eigenvalue weighted by molar-refractivity contribution is -0.150. The quantitative estimate of drug-likeness (QED) is 0.767. The number of carbonyl (C=O) groups is 2. The highest BCUT2D eigenvalue weighted by atomic mass is 35.5. The van der Waals surface area contributed by atoms with Crippen molar-refractivity contribution >= 4 is 24.2 Å². The summed E-state index contributed by atoms with van der Waals surface area (Å²) in [5.74, 6) is 0.161. The first-order chi connectivity index (χ1) is 11.3. The summed E-state index contributed by atoms with van der Waals surface area (Å²) in [4.78, 5) is 29.1. The number of halogens is 1. The number of carbonyl (C=O) groups excluding carboxylic acids is 2. The van der Waals surface area contributed by atoms with Gasteiger partial charge in [0.05, 0.1) is 26.4 Å². The zero-order valence-electron chi connectivity index (χ0n) is 14.1. The minimum absolute atomic E-state index is 0. The predicted molar refractivity (Wildman–Crippen MR) is 91.2 cm³/mol. The van der Waals surface area contributed by atoms with Gasteiger partial charge in [-0.05, 0) is 19.3 Å². The molecule has 0 radical (unpaired) electrons. The average Bonchev–Trinajstić information content (AvgIpc) is 2.62. The van der Waals surface area contributed by atoms with Crippen LogP contribution in [0.1, 0.15) is 25.7 Å². The summed E-state index contributed by atoms with van der Waals surface area (Å²) in [5, 5.41) is 3.31. The third kappa shape index (κ3) is 4.81. The molecule has 2 atom stereocenters. The molecule has 24 heavy (non-hydrogen) atoms. The van der Waals surface area contributed by atoms with Crippen molar-refractivity contribution in [2.24, 2.45) is 0 Å². The van der Waals surface area contributed by atoms with Crippen LogP contribution in [-0.2, 0) is 19.1 Å². The third-order valence-electron chi connectivity index (χ3n) is 4.85. The number of hydrogen-bond donors (Lipinski definition) is 1. The minimum Gasteiger partial charge on any atom is -0.378 e. The number of ether oxygens (including phenoxy) is 2. The first-order valence-corrected chi connectivity index (χ1v) is 8.73. The number of rotatable bonds is 3. The first-order valence-electron chi connectivity index (χ1n) is 8.73. The largest absolute Gasteiger partial charge is 0.378 e. The highest BCUT2D eigenvalue weighted by Gasteiger charge is 2.35. The Morgan fingerprint density at radius 2 is 1.83 bits per heavy atom. The van der Waals surface area contributed by atoms with Gasteiger partial charge in [0, 0.05) is 38.6 Å². The van der Waals surface area contributed by atoms with Crippen molar-refractivity contribution in [3.8, 4) is 0 Å². The van der Waals surface area contributed by atoms with Gasteiger partial charge in [0.1, 0.15) is 6.04 Å². The lowest BCUT2D eigenvalue weighted by Crippen LogP contribution is -2.56. The molecule has 7 nitrogen and oxygen atoms in total. The minimum atomic E-state index is -0.293. The maximum atomic E-state index is 12.8. The van der Waals surface area contributed by atoms with Crippen molar-refractivity contribution in [1.82, 2.24) is 15.1 Å². The van der Waals surface area contributed by atoms with E-state index in [1.165, 1.54) is 0 Å². The highest BCUT2D eigenvalue weighted by Crippen LogP contribution is 2.21. The van der Waals surface area contributed by atoms with Gasteiger partial charge < -0.3 is 24.6 Å². The highest BCUT2D eigenvalue weighted by molar-refractivity contribution is 5.88. The Bertz CT molecular complexity index is 426. The third-order valence-corrected chi connectivity index (χ3v) is 4.85. The summed E-state index contributed by atoms with van der Waals surface area (Å²) in [7, 11) is 0. The maximum Gasteiger partial charge on any atom is 0.245 e. The fourth-order valence-electron chi connectivity index (χ4n) is 3.56. The molecule has 2 unspecified atom stereocenters. The Hall–Kier alpha value is -0.890. The molecule has 0 aromatic carbocycles. The van der Waals surface area contributed by atoms with Crippen molar-refractivity contribution < 1.29 is 19.1 Å². The molecule has 3 aliphatic rings. The molecule has 0 aliphatic carbocycles. The van der Waals surface area contributed by atoms with E-state index >= 15 is 0 Å². The topological polar surface area (TPSA) is 71.1 Å². The molecule has 3 aliphatic heterocycles. The van der Waals surface area contributed by atoms with E-state index in [-0.39, 0.29) is 36.3 Å². The molecule has 0 saturated carbocycles. The summed E-state index contributed by atoms with van der Waals surface area (Å²) >= 11 is 0. The van der Waals surface area contributed by atoms with Crippen LogP contribution in [0.25, 0.3) is 0 Å². The van der Waals surface area contributed by atoms with Crippen LogP contribution >= 0.6 is 12.4 Å². The molecular formula is C16H28ClN3O4. The van der Waals surface area contributed by atoms with Crippen LogP contribution < -0.4 is 5.32 Å². The molecule has 0 spiro atoms. The van der Waals surface area contributed by atoms with E-state index in [0.29, 0.717) is 52.5 Å². The molecule has 138 valence electrons. The van der Waals surface area contributed by atoms with Gasteiger partial charge in [-0.1, -0.05) is 0 Å². The van der Waals surface area contributed by atoms with E-state index in [1.807, 2.05) is 4.90 Å². The number of nitrogens with zero attached hydrogens (tertiary/aromatic N) is 2. The van der Waals surface area contributed by atoms with Gasteiger partial charge in [0.2, 0.25) is 11.8 Å². The normalized spacial score (nSPS) is 28.2. The Morgan fingerprint density at radius 3 is 2.54 bits per heavy atom. The van der Waals surface area contributed by atoms with Crippen molar-refractivity contribution in [1.29, 1.82) is 0 Å². The van der Waals surface area contributed by atoms with Gasteiger partial charge in [-0.25, -0.2) is 0 Å². The summed E-state index contributed by atoms with van der Waals surface area (Å²) < 4.78 is 10.7. The molecule has 2 amide bonds. The fourth-order valence-corrected chi connectivity index (χ4v) is 3.56. The van der Waals surface area contributed by atoms with E-state index < -0.39 is 0 Å². The van der Waals surface area contributed by atoms with Crippen LogP contribution in [0.5, 0.6) is 0 Å². The first kappa shape index (κ1) is 19.4. The second kappa shape index (κ2) is 9.56. The number of nitrogens with one attached hydrogen (secondary N) is 1. The SMILES string of the molecule is Cl.O=C(C1CCCCN1C(=O)CC1COCCN1)N1CCOCC1. The van der Waals surface area contributed by atoms with Crippen molar-refractivity contribution in [2.45, 2.75) is 37.8 Å². The molecule has 1 N–H and O–H groups in total. The van der Waals surface area contributed by atoms with Gasteiger partial charge in [-0.3, -0.25) is 9.59 Å². The van der Waals surface area contributed by atoms with Crippen molar-refractivity contribution in [3.05, 3.63) is 0 Å². The van der Waals surface area contributed by atoms with Crippen LogP contribution in [0.3, 0.4) is 0 Å². The Labute approximate surface area is 149 Å². The summed E-state index contributed by atoms with van der Waals surface area (Å²) in [5.41, 5.74) is 0. The summed E-state index contributed by atoms with van der Waals surface area (Å²) in [6, 6.07) is -0.226. The molecule has 0 aromatic rings. The number of piperidine rings is 1. The van der Waals surface area contributed by atoms with Crippen molar-refractivity contribution in [3.63, 3.8) is 0 Å². The molecule has 3 saturated heterocycles. The van der Waals surface area contributed by atoms with Crippen LogP contribution in [0, 0.1) is 0 Å². The van der Waals surface area contributed by atoms with E-state index in [9.17, 15) is 9.59 Å². The number of hydrogen-bond acceptors (Lipinski definition) is 5. The molecular weight excluding hydrogens is 334 g/mol. The Balaban J connectivity index is 0.00000208. The van der Waals surface area contributed by atoms with E-state index in [0.717, 1.165) is 25.8 Å². The molecule has 0 aromatic heterocycles. The second-order valence-corrected chi connectivity index (χ2v) is 6.47. The number of likely N-dealkylation sites (tertiary alicyclic amines) is 1. The summed E-state index contributed by atoms with van der Waals surface area (Å²) in [6.07, 6.45) is 3.17. The Morgan fingerprint density at radius 1 is 1.04 bits per heavy atom. The van der Waals surface area contributed by atoms with Gasteiger partial charge in [0.15, 0.2) is 0 Å². The van der Waals surface area contributed by atoms with E-state index in [2.05, 4.69) is 5.32 Å². The predicted octanol–water partition coefficient (Wildman–Crippen LogP) is 0.0266. The number of amides is 2. The standard InChI is InChI=1S/C16H27N3O4.ClH/c20-15(11-13-12-23-8-4-17-13)19-5-2-1-3-14(19)16(21)18-6-9-22-10-7-18;/h13-14,17H,1-12H2;1H. The molecule has 3 heterocycles. The molecule has 3 fully saturated rings. The average molecular weight is 362 g/mol. The van der Waals surface area contributed by atoms with E-state index in [4.69, 9.17) is 9.47 Å². The second-order valence-electron chi connectivity index (χ2n) is 6.47. The van der Waals surface area contributed by atoms with Crippen LogP contribution in [0.4, 0.5) is 0 Å². The molecule has 0 bridgehead atoms. The smallest absolute Gasteiger partial charge is 0.245 e.